The molecule has 0 fully saturated rings. The molecule has 1 aliphatic heterocycles. The van der Waals surface area contributed by atoms with Gasteiger partial charge in [0.2, 0.25) is 0 Å². The number of fused-ring (bicyclic) bond motifs is 3. The molecule has 0 spiro atoms. The van der Waals surface area contributed by atoms with E-state index in [-0.39, 0.29) is 18.0 Å². The molecule has 1 atom stereocenters. The Bertz CT molecular complexity index is 1080. The van der Waals surface area contributed by atoms with Crippen molar-refractivity contribution in [3.8, 4) is 5.00 Å². The summed E-state index contributed by atoms with van der Waals surface area (Å²) in [6.45, 7) is 7.59. The Morgan fingerprint density at radius 1 is 1.19 bits per heavy atom. The number of benzene rings is 1. The highest BCUT2D eigenvalue weighted by atomic mass is 32.1. The summed E-state index contributed by atoms with van der Waals surface area (Å²) in [7, 11) is 0. The van der Waals surface area contributed by atoms with Crippen LogP contribution in [0.5, 0.6) is 0 Å². The van der Waals surface area contributed by atoms with Crippen LogP contribution < -0.4 is 0 Å². The van der Waals surface area contributed by atoms with Crippen LogP contribution in [-0.2, 0) is 4.79 Å². The van der Waals surface area contributed by atoms with E-state index >= 15 is 0 Å². The van der Waals surface area contributed by atoms with Crippen LogP contribution in [0, 0.1) is 26.6 Å². The largest absolute Gasteiger partial charge is 0.300 e. The fraction of sp³-hybridized carbons (Fsp3) is 0.300. The molecule has 0 saturated carbocycles. The maximum Gasteiger partial charge on any atom is 0.163 e. The van der Waals surface area contributed by atoms with Crippen LogP contribution in [0.1, 0.15) is 52.6 Å². The van der Waals surface area contributed by atoms with Crippen LogP contribution in [-0.4, -0.2) is 26.3 Å². The number of aryl methyl sites for hydroxylation is 2. The van der Waals surface area contributed by atoms with E-state index in [2.05, 4.69) is 24.0 Å². The molecule has 3 aromatic rings. The zero-order valence-electron chi connectivity index (χ0n) is 15.6. The van der Waals surface area contributed by atoms with E-state index in [9.17, 15) is 9.18 Å². The highest BCUT2D eigenvalue weighted by Crippen LogP contribution is 2.39. The molecule has 0 unspecified atom stereocenters. The normalized spacial score (nSPS) is 15.7. The number of aliphatic imine (C=N–C) groups is 1. The van der Waals surface area contributed by atoms with Gasteiger partial charge < -0.3 is 0 Å². The zero-order chi connectivity index (χ0) is 19.3. The van der Waals surface area contributed by atoms with E-state index in [0.717, 1.165) is 33.2 Å². The minimum atomic E-state index is -0.428. The molecular formula is C20H19FN4OS. The molecule has 1 aliphatic rings. The van der Waals surface area contributed by atoms with Crippen molar-refractivity contribution in [2.45, 2.75) is 40.2 Å². The summed E-state index contributed by atoms with van der Waals surface area (Å²) in [6, 6.07) is 5.90. The lowest BCUT2D eigenvalue weighted by molar-refractivity contribution is -0.117. The third-order valence-corrected chi connectivity index (χ3v) is 6.03. The van der Waals surface area contributed by atoms with Crippen molar-refractivity contribution >= 4 is 22.8 Å². The molecule has 0 bridgehead atoms. The number of thiophene rings is 1. The Balaban J connectivity index is 2.04. The third kappa shape index (κ3) is 2.92. The average Bonchev–Trinajstić information content (AvgIpc) is 3.08. The SMILES string of the molecule is CC(=O)C[C@@H]1N=C(c2ccc(F)cc2)c2c(sc(C)c2C)-n2c(C)nnc21. The van der Waals surface area contributed by atoms with E-state index in [0.29, 0.717) is 5.82 Å². The molecule has 0 radical (unpaired) electrons. The van der Waals surface area contributed by atoms with Crippen LogP contribution in [0.3, 0.4) is 0 Å². The third-order valence-electron chi connectivity index (χ3n) is 4.84. The Morgan fingerprint density at radius 3 is 2.56 bits per heavy atom. The fourth-order valence-corrected chi connectivity index (χ4v) is 4.62. The highest BCUT2D eigenvalue weighted by Gasteiger charge is 2.31. The molecule has 5 nitrogen and oxygen atoms in total. The number of carbonyl (C=O) groups is 1. The monoisotopic (exact) mass is 382 g/mol. The lowest BCUT2D eigenvalue weighted by Gasteiger charge is -2.11. The van der Waals surface area contributed by atoms with Crippen LogP contribution in [0.25, 0.3) is 5.00 Å². The molecule has 0 amide bonds. The summed E-state index contributed by atoms with van der Waals surface area (Å²) >= 11 is 1.66. The van der Waals surface area contributed by atoms with E-state index < -0.39 is 6.04 Å². The van der Waals surface area contributed by atoms with Gasteiger partial charge in [-0.15, -0.1) is 21.5 Å². The molecule has 27 heavy (non-hydrogen) atoms. The topological polar surface area (TPSA) is 60.1 Å². The van der Waals surface area contributed by atoms with Crippen molar-refractivity contribution < 1.29 is 9.18 Å². The second-order valence-electron chi connectivity index (χ2n) is 6.81. The molecular weight excluding hydrogens is 363 g/mol. The van der Waals surface area contributed by atoms with Gasteiger partial charge in [-0.25, -0.2) is 4.39 Å². The van der Waals surface area contributed by atoms with Crippen molar-refractivity contribution in [3.05, 3.63) is 63.3 Å². The van der Waals surface area contributed by atoms with E-state index in [1.807, 2.05) is 11.5 Å². The Morgan fingerprint density at radius 2 is 1.89 bits per heavy atom. The highest BCUT2D eigenvalue weighted by molar-refractivity contribution is 7.15. The minimum Gasteiger partial charge on any atom is -0.300 e. The predicted octanol–water partition coefficient (Wildman–Crippen LogP) is 4.26. The second kappa shape index (κ2) is 6.49. The Labute approximate surface area is 160 Å². The first-order valence-corrected chi connectivity index (χ1v) is 9.54. The van der Waals surface area contributed by atoms with Gasteiger partial charge in [0.1, 0.15) is 28.5 Å². The number of carbonyl (C=O) groups excluding carboxylic acids is 1. The first-order valence-electron chi connectivity index (χ1n) is 8.72. The van der Waals surface area contributed by atoms with Crippen molar-refractivity contribution in [2.24, 2.45) is 4.99 Å². The number of halogens is 1. The molecule has 3 heterocycles. The molecule has 1 aromatic carbocycles. The molecule has 2 aromatic heterocycles. The van der Waals surface area contributed by atoms with Gasteiger partial charge in [-0.3, -0.25) is 14.4 Å². The molecule has 4 rings (SSSR count). The standard InChI is InChI=1S/C20H19FN4OS/c1-10(26)9-16-19-24-23-13(4)25(19)20-17(11(2)12(3)27-20)18(22-16)14-5-7-15(21)8-6-14/h5-8,16H,9H2,1-4H3/t16-/m0/s1. The fourth-order valence-electron chi connectivity index (χ4n) is 3.40. The summed E-state index contributed by atoms with van der Waals surface area (Å²) < 4.78 is 15.5. The van der Waals surface area contributed by atoms with E-state index in [1.165, 1.54) is 17.0 Å². The zero-order valence-corrected chi connectivity index (χ0v) is 16.4. The Hall–Kier alpha value is -2.67. The summed E-state index contributed by atoms with van der Waals surface area (Å²) in [5.74, 6) is 1.17. The smallest absolute Gasteiger partial charge is 0.163 e. The number of rotatable bonds is 3. The lowest BCUT2D eigenvalue weighted by atomic mass is 9.99. The summed E-state index contributed by atoms with van der Waals surface area (Å²) in [6.07, 6.45) is 0.246. The van der Waals surface area contributed by atoms with Crippen LogP contribution in [0.2, 0.25) is 0 Å². The summed E-state index contributed by atoms with van der Waals surface area (Å²) in [4.78, 5) is 18.0. The number of Topliss-reactive ketones (excluding diaryl/α,β-unsaturated/α-hetero) is 1. The minimum absolute atomic E-state index is 0.0348. The van der Waals surface area contributed by atoms with Gasteiger partial charge in [-0.05, 0) is 57.5 Å². The first-order chi connectivity index (χ1) is 12.9. The Kier molecular flexibility index (Phi) is 4.26. The van der Waals surface area contributed by atoms with Crippen molar-refractivity contribution in [3.63, 3.8) is 0 Å². The van der Waals surface area contributed by atoms with Crippen molar-refractivity contribution in [2.75, 3.05) is 0 Å². The van der Waals surface area contributed by atoms with Gasteiger partial charge in [0.15, 0.2) is 5.82 Å². The van der Waals surface area contributed by atoms with Crippen molar-refractivity contribution in [1.29, 1.82) is 0 Å². The molecule has 138 valence electrons. The van der Waals surface area contributed by atoms with Gasteiger partial charge >= 0.3 is 0 Å². The van der Waals surface area contributed by atoms with E-state index in [1.54, 1.807) is 30.4 Å². The molecule has 0 saturated heterocycles. The second-order valence-corrected chi connectivity index (χ2v) is 8.01. The first kappa shape index (κ1) is 17.7. The van der Waals surface area contributed by atoms with E-state index in [4.69, 9.17) is 4.99 Å². The predicted molar refractivity (Wildman–Crippen MR) is 104 cm³/mol. The summed E-state index contributed by atoms with van der Waals surface area (Å²) in [5.41, 5.74) is 3.71. The van der Waals surface area contributed by atoms with Crippen LogP contribution in [0.15, 0.2) is 29.3 Å². The van der Waals surface area contributed by atoms with Gasteiger partial charge in [0.05, 0.1) is 5.71 Å². The average molecular weight is 382 g/mol. The van der Waals surface area contributed by atoms with Crippen molar-refractivity contribution in [1.82, 2.24) is 14.8 Å². The maximum absolute atomic E-state index is 13.5. The number of ketones is 1. The van der Waals surface area contributed by atoms with Gasteiger partial charge in [-0.2, -0.15) is 0 Å². The molecule has 0 aliphatic carbocycles. The number of hydrogen-bond donors (Lipinski definition) is 0. The maximum atomic E-state index is 13.5. The number of hydrogen-bond acceptors (Lipinski definition) is 5. The molecule has 7 heteroatoms. The van der Waals surface area contributed by atoms with Crippen LogP contribution >= 0.6 is 11.3 Å². The van der Waals surface area contributed by atoms with Gasteiger partial charge in [0.25, 0.3) is 0 Å². The lowest BCUT2D eigenvalue weighted by Crippen LogP contribution is -2.09. The summed E-state index contributed by atoms with van der Waals surface area (Å²) in [5, 5.41) is 9.56. The number of aromatic nitrogens is 3. The van der Waals surface area contributed by atoms with Crippen LogP contribution in [0.4, 0.5) is 4.39 Å². The van der Waals surface area contributed by atoms with Gasteiger partial charge in [0, 0.05) is 22.4 Å². The van der Waals surface area contributed by atoms with Gasteiger partial charge in [-0.1, -0.05) is 0 Å². The molecule has 0 N–H and O–H groups in total. The number of nitrogens with zero attached hydrogens (tertiary/aromatic N) is 4. The quantitative estimate of drug-likeness (QED) is 0.680.